The normalized spacial score (nSPS) is 30.7. The molecule has 2 aliphatic carbocycles. The number of carbonyl (C=O) groups excluding carboxylic acids is 4. The van der Waals surface area contributed by atoms with Gasteiger partial charge in [0, 0.05) is 34.7 Å². The number of benzene rings is 1. The summed E-state index contributed by atoms with van der Waals surface area (Å²) in [5, 5.41) is 11.3. The molecule has 0 aromatic heterocycles. The van der Waals surface area contributed by atoms with Crippen LogP contribution >= 0.6 is 0 Å². The number of methoxy groups -OCH3 is 2. The summed E-state index contributed by atoms with van der Waals surface area (Å²) in [6, 6.07) is 3.12. The first-order valence-electron chi connectivity index (χ1n) is 13.5. The Labute approximate surface area is 229 Å². The summed E-state index contributed by atoms with van der Waals surface area (Å²) in [7, 11) is 2.96. The molecule has 2 aliphatic heterocycles. The molecule has 6 atom stereocenters. The SMILES string of the molecule is COc1cc(O)c(C2C3=CCC4C(=O)N(C(C)(C)C)C(=O)C4C3CC3C(=O)N(C(C)(C)C)C(=O)C32)c(OC)c1. The van der Waals surface area contributed by atoms with Crippen molar-refractivity contribution in [1.82, 2.24) is 9.80 Å². The lowest BCUT2D eigenvalue weighted by Crippen LogP contribution is -2.47. The lowest BCUT2D eigenvalue weighted by atomic mass is 9.57. The van der Waals surface area contributed by atoms with Crippen molar-refractivity contribution in [2.45, 2.75) is 71.4 Å². The van der Waals surface area contributed by atoms with E-state index >= 15 is 0 Å². The van der Waals surface area contributed by atoms with Crippen LogP contribution in [0.4, 0.5) is 0 Å². The van der Waals surface area contributed by atoms with Gasteiger partial charge in [0.05, 0.1) is 37.9 Å². The van der Waals surface area contributed by atoms with Crippen molar-refractivity contribution in [2.75, 3.05) is 14.2 Å². The van der Waals surface area contributed by atoms with Crippen LogP contribution in [0, 0.1) is 29.6 Å². The minimum absolute atomic E-state index is 0.113. The average Bonchev–Trinajstić information content (AvgIpc) is 3.26. The minimum Gasteiger partial charge on any atom is -0.507 e. The van der Waals surface area contributed by atoms with Gasteiger partial charge < -0.3 is 14.6 Å². The first-order valence-corrected chi connectivity index (χ1v) is 13.5. The fourth-order valence-corrected chi connectivity index (χ4v) is 7.42. The van der Waals surface area contributed by atoms with E-state index in [1.807, 2.05) is 47.6 Å². The van der Waals surface area contributed by atoms with E-state index in [2.05, 4.69) is 0 Å². The number of phenols is 1. The molecule has 1 N–H and O–H groups in total. The number of nitrogens with zero attached hydrogens (tertiary/aromatic N) is 2. The molecule has 9 nitrogen and oxygen atoms in total. The van der Waals surface area contributed by atoms with Crippen LogP contribution in [-0.2, 0) is 19.2 Å². The molecular weight excluding hydrogens is 500 g/mol. The third-order valence-electron chi connectivity index (χ3n) is 8.85. The van der Waals surface area contributed by atoms with E-state index in [1.165, 1.54) is 30.1 Å². The van der Waals surface area contributed by atoms with Gasteiger partial charge in [-0.05, 0) is 60.3 Å². The summed E-state index contributed by atoms with van der Waals surface area (Å²) >= 11 is 0. The quantitative estimate of drug-likeness (QED) is 0.462. The molecular formula is C30H38N2O7. The van der Waals surface area contributed by atoms with E-state index in [4.69, 9.17) is 9.47 Å². The van der Waals surface area contributed by atoms with Gasteiger partial charge in [0.15, 0.2) is 0 Å². The molecule has 4 aliphatic rings. The standard InChI is InChI=1S/C30H38N2O7/c1-29(2,3)31-25(34)16-10-9-15-17(21(16)27(31)36)13-18-23(28(37)32(26(18)35)30(4,5)6)22(15)24-19(33)11-14(38-7)12-20(24)39-8/h9,11-12,16-18,21-23,33H,10,13H2,1-8H3. The van der Waals surface area contributed by atoms with Crippen LogP contribution in [-0.4, -0.2) is 63.8 Å². The zero-order chi connectivity index (χ0) is 28.8. The highest BCUT2D eigenvalue weighted by atomic mass is 16.5. The van der Waals surface area contributed by atoms with E-state index < -0.39 is 46.6 Å². The van der Waals surface area contributed by atoms with Crippen molar-refractivity contribution in [3.63, 3.8) is 0 Å². The number of hydrogen-bond donors (Lipinski definition) is 1. The van der Waals surface area contributed by atoms with Crippen LogP contribution in [0.2, 0.25) is 0 Å². The molecule has 210 valence electrons. The lowest BCUT2D eigenvalue weighted by Gasteiger charge is -2.44. The van der Waals surface area contributed by atoms with Gasteiger partial charge in [-0.15, -0.1) is 0 Å². The second kappa shape index (κ2) is 8.83. The zero-order valence-corrected chi connectivity index (χ0v) is 23.9. The fourth-order valence-electron chi connectivity index (χ4n) is 7.42. The average molecular weight is 539 g/mol. The summed E-state index contributed by atoms with van der Waals surface area (Å²) in [6.07, 6.45) is 2.61. The largest absolute Gasteiger partial charge is 0.507 e. The van der Waals surface area contributed by atoms with Crippen molar-refractivity contribution in [3.8, 4) is 17.2 Å². The van der Waals surface area contributed by atoms with Gasteiger partial charge in [-0.25, -0.2) is 0 Å². The predicted molar refractivity (Wildman–Crippen MR) is 142 cm³/mol. The maximum atomic E-state index is 14.0. The summed E-state index contributed by atoms with van der Waals surface area (Å²) in [5.74, 6) is -4.14. The zero-order valence-electron chi connectivity index (χ0n) is 23.9. The van der Waals surface area contributed by atoms with Gasteiger partial charge >= 0.3 is 0 Å². The molecule has 1 aromatic rings. The van der Waals surface area contributed by atoms with Crippen LogP contribution in [0.5, 0.6) is 17.2 Å². The molecule has 0 spiro atoms. The third kappa shape index (κ3) is 3.87. The maximum Gasteiger partial charge on any atom is 0.234 e. The third-order valence-corrected chi connectivity index (χ3v) is 8.85. The molecule has 0 radical (unpaired) electrons. The van der Waals surface area contributed by atoms with Crippen molar-refractivity contribution in [2.24, 2.45) is 29.6 Å². The first-order chi connectivity index (χ1) is 18.1. The Morgan fingerprint density at radius 1 is 0.769 bits per heavy atom. The number of carbonyl (C=O) groups is 4. The fraction of sp³-hybridized carbons (Fsp3) is 0.600. The van der Waals surface area contributed by atoms with Gasteiger partial charge in [-0.2, -0.15) is 0 Å². The highest BCUT2D eigenvalue weighted by Crippen LogP contribution is 2.61. The van der Waals surface area contributed by atoms with Gasteiger partial charge in [0.25, 0.3) is 0 Å². The highest BCUT2D eigenvalue weighted by molar-refractivity contribution is 6.08. The summed E-state index contributed by atoms with van der Waals surface area (Å²) in [5.41, 5.74) is -0.219. The lowest BCUT2D eigenvalue weighted by molar-refractivity contribution is -0.147. The topological polar surface area (TPSA) is 113 Å². The number of ether oxygens (including phenoxy) is 2. The molecule has 0 bridgehead atoms. The van der Waals surface area contributed by atoms with Crippen LogP contribution in [0.3, 0.4) is 0 Å². The highest BCUT2D eigenvalue weighted by Gasteiger charge is 2.64. The Bertz CT molecular complexity index is 1300. The molecule has 6 unspecified atom stereocenters. The molecule has 2 saturated heterocycles. The smallest absolute Gasteiger partial charge is 0.234 e. The number of fused-ring (bicyclic) bond motifs is 4. The number of rotatable bonds is 3. The summed E-state index contributed by atoms with van der Waals surface area (Å²) < 4.78 is 11.0. The van der Waals surface area contributed by atoms with Crippen molar-refractivity contribution in [3.05, 3.63) is 29.3 Å². The number of imide groups is 2. The number of allylic oxidation sites excluding steroid dienone is 2. The van der Waals surface area contributed by atoms with Gasteiger partial charge in [-0.3, -0.25) is 29.0 Å². The summed E-state index contributed by atoms with van der Waals surface area (Å²) in [6.45, 7) is 11.0. The van der Waals surface area contributed by atoms with E-state index in [0.29, 0.717) is 29.9 Å². The van der Waals surface area contributed by atoms with Crippen LogP contribution < -0.4 is 9.47 Å². The predicted octanol–water partition coefficient (Wildman–Crippen LogP) is 3.64. The second-order valence-electron chi connectivity index (χ2n) is 13.2. The number of hydrogen-bond acceptors (Lipinski definition) is 7. The monoisotopic (exact) mass is 538 g/mol. The van der Waals surface area contributed by atoms with Crippen LogP contribution in [0.15, 0.2) is 23.8 Å². The number of likely N-dealkylation sites (tertiary alicyclic amines) is 2. The van der Waals surface area contributed by atoms with Gasteiger partial charge in [0.1, 0.15) is 17.2 Å². The minimum atomic E-state index is -0.769. The molecule has 4 amide bonds. The maximum absolute atomic E-state index is 14.0. The Balaban J connectivity index is 1.71. The Hall–Kier alpha value is -3.36. The van der Waals surface area contributed by atoms with Crippen LogP contribution in [0.1, 0.15) is 65.9 Å². The molecule has 5 rings (SSSR count). The number of aromatic hydroxyl groups is 1. The molecule has 39 heavy (non-hydrogen) atoms. The van der Waals surface area contributed by atoms with E-state index in [1.54, 1.807) is 6.07 Å². The Kier molecular flexibility index (Phi) is 6.16. The Morgan fingerprint density at radius 2 is 1.33 bits per heavy atom. The van der Waals surface area contributed by atoms with E-state index in [0.717, 1.165) is 5.57 Å². The number of phenolic OH excluding ortho intramolecular Hbond substituents is 1. The molecule has 2 heterocycles. The molecule has 1 aromatic carbocycles. The van der Waals surface area contributed by atoms with Crippen molar-refractivity contribution >= 4 is 23.6 Å². The van der Waals surface area contributed by atoms with Gasteiger partial charge in [-0.1, -0.05) is 11.6 Å². The van der Waals surface area contributed by atoms with Crippen molar-refractivity contribution < 1.29 is 33.8 Å². The van der Waals surface area contributed by atoms with Crippen molar-refractivity contribution in [1.29, 1.82) is 0 Å². The Morgan fingerprint density at radius 3 is 1.87 bits per heavy atom. The molecule has 1 saturated carbocycles. The van der Waals surface area contributed by atoms with E-state index in [9.17, 15) is 24.3 Å². The first kappa shape index (κ1) is 27.2. The van der Waals surface area contributed by atoms with E-state index in [-0.39, 0.29) is 29.4 Å². The molecule has 9 heteroatoms. The van der Waals surface area contributed by atoms with Crippen LogP contribution in [0.25, 0.3) is 0 Å². The second-order valence-corrected chi connectivity index (χ2v) is 13.2. The molecule has 3 fully saturated rings. The number of amides is 4. The van der Waals surface area contributed by atoms with Gasteiger partial charge in [0.2, 0.25) is 23.6 Å². The summed E-state index contributed by atoms with van der Waals surface area (Å²) in [4.78, 5) is 57.9.